The average molecular weight is 336 g/mol. The third kappa shape index (κ3) is 7.42. The Morgan fingerprint density at radius 2 is 1.96 bits per heavy atom. The van der Waals surface area contributed by atoms with Crippen LogP contribution in [-0.4, -0.2) is 29.7 Å². The van der Waals surface area contributed by atoms with Gasteiger partial charge in [-0.3, -0.25) is 10.1 Å². The van der Waals surface area contributed by atoms with Crippen molar-refractivity contribution in [2.24, 2.45) is 0 Å². The van der Waals surface area contributed by atoms with Crippen LogP contribution >= 0.6 is 12.2 Å². The molecular formula is C16H20N2O4S. The Kier molecular flexibility index (Phi) is 7.76. The number of anilines is 1. The molecule has 0 atom stereocenters. The summed E-state index contributed by atoms with van der Waals surface area (Å²) in [4.78, 5) is 22.8. The van der Waals surface area contributed by atoms with E-state index in [9.17, 15) is 9.59 Å². The van der Waals surface area contributed by atoms with E-state index in [1.54, 1.807) is 19.1 Å². The number of esters is 1. The molecule has 0 fully saturated rings. The predicted octanol–water partition coefficient (Wildman–Crippen LogP) is 2.41. The van der Waals surface area contributed by atoms with E-state index in [-0.39, 0.29) is 17.8 Å². The Morgan fingerprint density at radius 3 is 2.61 bits per heavy atom. The van der Waals surface area contributed by atoms with Crippen molar-refractivity contribution in [3.8, 4) is 5.75 Å². The molecule has 0 radical (unpaired) electrons. The molecule has 0 unspecified atom stereocenters. The summed E-state index contributed by atoms with van der Waals surface area (Å²) in [5.41, 5.74) is 0.640. The summed E-state index contributed by atoms with van der Waals surface area (Å²) in [5.74, 6) is -0.490. The molecule has 124 valence electrons. The van der Waals surface area contributed by atoms with E-state index >= 15 is 0 Å². The van der Waals surface area contributed by atoms with Gasteiger partial charge in [0.2, 0.25) is 5.91 Å². The van der Waals surface area contributed by atoms with Crippen molar-refractivity contribution in [2.45, 2.75) is 26.9 Å². The molecule has 6 nitrogen and oxygen atoms in total. The van der Waals surface area contributed by atoms with E-state index < -0.39 is 11.9 Å². The fourth-order valence-electron chi connectivity index (χ4n) is 1.57. The van der Waals surface area contributed by atoms with Gasteiger partial charge >= 0.3 is 5.97 Å². The van der Waals surface area contributed by atoms with Crippen LogP contribution in [0, 0.1) is 0 Å². The first kappa shape index (κ1) is 18.6. The van der Waals surface area contributed by atoms with Crippen molar-refractivity contribution in [3.05, 3.63) is 36.4 Å². The first-order valence-corrected chi connectivity index (χ1v) is 7.55. The summed E-state index contributed by atoms with van der Waals surface area (Å²) >= 11 is 5.07. The number of hydrogen-bond donors (Lipinski definition) is 2. The summed E-state index contributed by atoms with van der Waals surface area (Å²) in [6.45, 7) is 5.76. The van der Waals surface area contributed by atoms with Gasteiger partial charge in [-0.25, -0.2) is 4.79 Å². The lowest BCUT2D eigenvalue weighted by Gasteiger charge is -2.15. The smallest absolute Gasteiger partial charge is 0.330 e. The first-order chi connectivity index (χ1) is 10.9. The van der Waals surface area contributed by atoms with Gasteiger partial charge < -0.3 is 14.8 Å². The predicted molar refractivity (Wildman–Crippen MR) is 92.3 cm³/mol. The number of carbonyl (C=O) groups excluding carboxylic acids is 2. The zero-order valence-electron chi connectivity index (χ0n) is 13.3. The molecule has 0 aromatic heterocycles. The molecule has 1 aromatic rings. The molecule has 0 heterocycles. The number of ether oxygens (including phenoxy) is 2. The molecule has 0 aliphatic rings. The SMILES string of the molecule is CCOC(=O)/C=C/C(=O)NC(=S)Nc1ccccc1OC(C)C. The molecule has 1 amide bonds. The highest BCUT2D eigenvalue weighted by atomic mass is 32.1. The topological polar surface area (TPSA) is 76.7 Å². The molecular weight excluding hydrogens is 316 g/mol. The van der Waals surface area contributed by atoms with Crippen molar-refractivity contribution in [1.29, 1.82) is 0 Å². The Hall–Kier alpha value is -2.41. The number of benzene rings is 1. The van der Waals surface area contributed by atoms with E-state index in [0.29, 0.717) is 11.4 Å². The van der Waals surface area contributed by atoms with E-state index in [1.807, 2.05) is 26.0 Å². The van der Waals surface area contributed by atoms with Crippen molar-refractivity contribution in [2.75, 3.05) is 11.9 Å². The maximum Gasteiger partial charge on any atom is 0.330 e. The summed E-state index contributed by atoms with van der Waals surface area (Å²) in [7, 11) is 0. The van der Waals surface area contributed by atoms with E-state index in [4.69, 9.17) is 17.0 Å². The van der Waals surface area contributed by atoms with Crippen LogP contribution in [0.5, 0.6) is 5.75 Å². The summed E-state index contributed by atoms with van der Waals surface area (Å²) in [5, 5.41) is 5.42. The number of nitrogens with one attached hydrogen (secondary N) is 2. The number of carbonyl (C=O) groups is 2. The molecule has 0 saturated heterocycles. The van der Waals surface area contributed by atoms with Gasteiger partial charge in [-0.05, 0) is 45.1 Å². The van der Waals surface area contributed by atoms with Crippen LogP contribution in [0.4, 0.5) is 5.69 Å². The Labute approximate surface area is 140 Å². The highest BCUT2D eigenvalue weighted by molar-refractivity contribution is 7.80. The highest BCUT2D eigenvalue weighted by Gasteiger charge is 2.08. The lowest BCUT2D eigenvalue weighted by atomic mass is 10.3. The summed E-state index contributed by atoms with van der Waals surface area (Å²) in [6.07, 6.45) is 2.10. The standard InChI is InChI=1S/C16H20N2O4S/c1-4-21-15(20)10-9-14(19)18-16(23)17-12-7-5-6-8-13(12)22-11(2)3/h5-11H,4H2,1-3H3,(H2,17,18,19,23)/b10-9+. The number of para-hydroxylation sites is 2. The van der Waals surface area contributed by atoms with Crippen LogP contribution in [-0.2, 0) is 14.3 Å². The molecule has 0 spiro atoms. The van der Waals surface area contributed by atoms with Gasteiger partial charge in [0.05, 0.1) is 18.4 Å². The van der Waals surface area contributed by atoms with Crippen LogP contribution in [0.15, 0.2) is 36.4 Å². The lowest BCUT2D eigenvalue weighted by molar-refractivity contribution is -0.137. The van der Waals surface area contributed by atoms with Gasteiger partial charge in [0.25, 0.3) is 0 Å². The van der Waals surface area contributed by atoms with Crippen molar-refractivity contribution < 1.29 is 19.1 Å². The van der Waals surface area contributed by atoms with Gasteiger partial charge in [0, 0.05) is 12.2 Å². The number of amides is 1. The lowest BCUT2D eigenvalue weighted by Crippen LogP contribution is -2.33. The van der Waals surface area contributed by atoms with Crippen molar-refractivity contribution in [3.63, 3.8) is 0 Å². The van der Waals surface area contributed by atoms with Crippen LogP contribution in [0.1, 0.15) is 20.8 Å². The first-order valence-electron chi connectivity index (χ1n) is 7.14. The Balaban J connectivity index is 2.60. The van der Waals surface area contributed by atoms with Crippen LogP contribution in [0.3, 0.4) is 0 Å². The van der Waals surface area contributed by atoms with Gasteiger partial charge in [-0.2, -0.15) is 0 Å². The molecule has 0 saturated carbocycles. The summed E-state index contributed by atoms with van der Waals surface area (Å²) in [6, 6.07) is 7.24. The van der Waals surface area contributed by atoms with Crippen LogP contribution in [0.2, 0.25) is 0 Å². The molecule has 2 N–H and O–H groups in total. The van der Waals surface area contributed by atoms with Gasteiger partial charge in [0.1, 0.15) is 5.75 Å². The maximum absolute atomic E-state index is 11.7. The van der Waals surface area contributed by atoms with E-state index in [1.165, 1.54) is 0 Å². The van der Waals surface area contributed by atoms with Gasteiger partial charge in [0.15, 0.2) is 5.11 Å². The quantitative estimate of drug-likeness (QED) is 0.472. The molecule has 23 heavy (non-hydrogen) atoms. The van der Waals surface area contributed by atoms with Crippen molar-refractivity contribution >= 4 is 34.9 Å². The van der Waals surface area contributed by atoms with E-state index in [0.717, 1.165) is 12.2 Å². The highest BCUT2D eigenvalue weighted by Crippen LogP contribution is 2.24. The molecule has 1 aromatic carbocycles. The Morgan fingerprint density at radius 1 is 1.26 bits per heavy atom. The number of hydrogen-bond acceptors (Lipinski definition) is 5. The number of rotatable bonds is 6. The molecule has 1 rings (SSSR count). The Bertz CT molecular complexity index is 599. The number of thiocarbonyl (C=S) groups is 1. The monoisotopic (exact) mass is 336 g/mol. The second kappa shape index (κ2) is 9.58. The fourth-order valence-corrected chi connectivity index (χ4v) is 1.78. The molecule has 0 aliphatic heterocycles. The van der Waals surface area contributed by atoms with Crippen LogP contribution < -0.4 is 15.4 Å². The second-order valence-corrected chi connectivity index (χ2v) is 5.10. The minimum Gasteiger partial charge on any atom is -0.489 e. The van der Waals surface area contributed by atoms with E-state index in [2.05, 4.69) is 15.4 Å². The second-order valence-electron chi connectivity index (χ2n) is 4.69. The zero-order chi connectivity index (χ0) is 17.2. The normalized spacial score (nSPS) is 10.4. The third-order valence-corrected chi connectivity index (χ3v) is 2.60. The minimum absolute atomic E-state index is 0.00799. The third-order valence-electron chi connectivity index (χ3n) is 2.39. The maximum atomic E-state index is 11.7. The average Bonchev–Trinajstić information content (AvgIpc) is 2.47. The van der Waals surface area contributed by atoms with Gasteiger partial charge in [-0.1, -0.05) is 12.1 Å². The van der Waals surface area contributed by atoms with Crippen molar-refractivity contribution in [1.82, 2.24) is 5.32 Å². The molecule has 0 aliphatic carbocycles. The van der Waals surface area contributed by atoms with Gasteiger partial charge in [-0.15, -0.1) is 0 Å². The molecule has 7 heteroatoms. The van der Waals surface area contributed by atoms with Crippen LogP contribution in [0.25, 0.3) is 0 Å². The molecule has 0 bridgehead atoms. The largest absolute Gasteiger partial charge is 0.489 e. The summed E-state index contributed by atoms with van der Waals surface area (Å²) < 4.78 is 10.3. The zero-order valence-corrected chi connectivity index (χ0v) is 14.1. The minimum atomic E-state index is -0.586. The fraction of sp³-hybridized carbons (Fsp3) is 0.312.